The van der Waals surface area contributed by atoms with E-state index >= 15 is 0 Å². The minimum Gasteiger partial charge on any atom is -0.480 e. The van der Waals surface area contributed by atoms with Crippen LogP contribution in [0, 0.1) is 13.8 Å². The van der Waals surface area contributed by atoms with Gasteiger partial charge in [-0.3, -0.25) is 0 Å². The van der Waals surface area contributed by atoms with Crippen molar-refractivity contribution in [1.29, 1.82) is 0 Å². The van der Waals surface area contributed by atoms with Crippen LogP contribution in [0.15, 0.2) is 102 Å². The molecule has 3 aromatic carbocycles. The van der Waals surface area contributed by atoms with Gasteiger partial charge in [0.15, 0.2) is 0 Å². The fourth-order valence-electron chi connectivity index (χ4n) is 4.33. The molecule has 0 bridgehead atoms. The van der Waals surface area contributed by atoms with Crippen molar-refractivity contribution in [3.63, 3.8) is 0 Å². The summed E-state index contributed by atoms with van der Waals surface area (Å²) in [6.45, 7) is 4.23. The third kappa shape index (κ3) is 4.90. The molecule has 3 heterocycles. The van der Waals surface area contributed by atoms with E-state index in [4.69, 9.17) is 9.72 Å². The Morgan fingerprint density at radius 3 is 1.76 bits per heavy atom. The van der Waals surface area contributed by atoms with Crippen molar-refractivity contribution in [2.45, 2.75) is 13.8 Å². The number of ether oxygens (including phenoxy) is 1. The molecule has 0 aliphatic carbocycles. The molecule has 6 aromatic rings. The van der Waals surface area contributed by atoms with E-state index in [0.717, 1.165) is 37.4 Å². The van der Waals surface area contributed by atoms with Gasteiger partial charge >= 0.3 is 0 Å². The number of benzene rings is 3. The lowest BCUT2D eigenvalue weighted by Crippen LogP contribution is -2.09. The molecule has 0 aliphatic rings. The van der Waals surface area contributed by atoms with Gasteiger partial charge in [-0.1, -0.05) is 53.6 Å². The van der Waals surface area contributed by atoms with Crippen LogP contribution in [-0.2, 0) is 0 Å². The fourth-order valence-corrected chi connectivity index (χ4v) is 7.27. The molecule has 188 valence electrons. The molecular weight excluding hydrogens is 525 g/mol. The molecule has 0 fully saturated rings. The van der Waals surface area contributed by atoms with Gasteiger partial charge in [-0.05, 0) is 79.4 Å². The molecule has 0 amide bonds. The van der Waals surface area contributed by atoms with Crippen molar-refractivity contribution in [2.75, 3.05) is 12.0 Å². The lowest BCUT2D eigenvalue weighted by molar-refractivity contribution is 0.402. The second-order valence-electron chi connectivity index (χ2n) is 9.05. The van der Waals surface area contributed by atoms with Crippen molar-refractivity contribution in [2.24, 2.45) is 0 Å². The largest absolute Gasteiger partial charge is 0.480 e. The summed E-state index contributed by atoms with van der Waals surface area (Å²) in [5.74, 6) is 0.665. The smallest absolute Gasteiger partial charge is 0.232 e. The van der Waals surface area contributed by atoms with E-state index in [1.807, 2.05) is 0 Å². The number of rotatable bonds is 7. The Balaban J connectivity index is 1.34. The highest BCUT2D eigenvalue weighted by Gasteiger charge is 2.18. The second-order valence-corrected chi connectivity index (χ2v) is 12.1. The predicted molar refractivity (Wildman–Crippen MR) is 165 cm³/mol. The Morgan fingerprint density at radius 1 is 0.632 bits per heavy atom. The summed E-state index contributed by atoms with van der Waals surface area (Å²) in [7, 11) is 1.69. The molecule has 0 spiro atoms. The SMILES string of the molecule is COc1nc(-c2ccc(-c3cccs3)s2)sc1-c1ccc(N(c2ccc(C)cc2)c2ccc(C)cc2)cc1. The molecule has 3 aromatic heterocycles. The fraction of sp³-hybridized carbons (Fsp3) is 0.0938. The predicted octanol–water partition coefficient (Wildman–Crippen LogP) is 10.4. The van der Waals surface area contributed by atoms with Crippen LogP contribution in [0.2, 0.25) is 0 Å². The molecule has 0 unspecified atom stereocenters. The molecule has 0 saturated carbocycles. The Kier molecular flexibility index (Phi) is 6.85. The standard InChI is InChI=1S/C32H26N2OS3/c1-21-6-12-24(13-7-21)34(25-14-8-22(2)9-15-25)26-16-10-23(11-17-26)30-31(35-3)33-32(38-30)29-19-18-28(37-29)27-5-4-20-36-27/h4-20H,1-3H3. The molecule has 6 rings (SSSR count). The van der Waals surface area contributed by atoms with Gasteiger partial charge in [0.1, 0.15) is 5.01 Å². The first kappa shape index (κ1) is 24.6. The molecule has 3 nitrogen and oxygen atoms in total. The zero-order chi connectivity index (χ0) is 26.1. The third-order valence-electron chi connectivity index (χ3n) is 6.34. The lowest BCUT2D eigenvalue weighted by atomic mass is 10.1. The summed E-state index contributed by atoms with van der Waals surface area (Å²) >= 11 is 5.21. The van der Waals surface area contributed by atoms with Crippen LogP contribution >= 0.6 is 34.0 Å². The van der Waals surface area contributed by atoms with E-state index in [0.29, 0.717) is 5.88 Å². The first-order valence-electron chi connectivity index (χ1n) is 12.3. The van der Waals surface area contributed by atoms with Gasteiger partial charge in [0.2, 0.25) is 5.88 Å². The number of methoxy groups -OCH3 is 1. The van der Waals surface area contributed by atoms with E-state index in [-0.39, 0.29) is 0 Å². The van der Waals surface area contributed by atoms with Crippen molar-refractivity contribution in [3.8, 4) is 36.0 Å². The maximum atomic E-state index is 5.72. The molecule has 0 saturated heterocycles. The summed E-state index contributed by atoms with van der Waals surface area (Å²) in [5.41, 5.74) is 6.94. The molecule has 0 atom stereocenters. The van der Waals surface area contributed by atoms with Crippen LogP contribution in [0.5, 0.6) is 5.88 Å². The number of nitrogens with zero attached hydrogens (tertiary/aromatic N) is 2. The number of anilines is 3. The summed E-state index contributed by atoms with van der Waals surface area (Å²) < 4.78 is 5.72. The highest BCUT2D eigenvalue weighted by Crippen LogP contribution is 2.44. The van der Waals surface area contributed by atoms with Gasteiger partial charge < -0.3 is 9.64 Å². The van der Waals surface area contributed by atoms with Crippen LogP contribution in [0.25, 0.3) is 30.1 Å². The Labute approximate surface area is 235 Å². The first-order chi connectivity index (χ1) is 18.6. The number of aromatic nitrogens is 1. The molecular formula is C32H26N2OS3. The van der Waals surface area contributed by atoms with Gasteiger partial charge in [-0.2, -0.15) is 0 Å². The summed E-state index contributed by atoms with van der Waals surface area (Å²) in [4.78, 5) is 11.9. The van der Waals surface area contributed by atoms with Crippen molar-refractivity contribution in [3.05, 3.63) is 114 Å². The number of thiophene rings is 2. The van der Waals surface area contributed by atoms with Crippen molar-refractivity contribution < 1.29 is 4.74 Å². The Morgan fingerprint density at radius 2 is 1.21 bits per heavy atom. The molecule has 0 radical (unpaired) electrons. The zero-order valence-electron chi connectivity index (χ0n) is 21.3. The van der Waals surface area contributed by atoms with Gasteiger partial charge in [-0.25, -0.2) is 4.98 Å². The highest BCUT2D eigenvalue weighted by atomic mass is 32.1. The minimum atomic E-state index is 0.665. The molecule has 6 heteroatoms. The molecule has 38 heavy (non-hydrogen) atoms. The Bertz CT molecular complexity index is 1600. The first-order valence-corrected chi connectivity index (χ1v) is 14.8. The topological polar surface area (TPSA) is 25.4 Å². The van der Waals surface area contributed by atoms with Gasteiger partial charge in [0.25, 0.3) is 0 Å². The van der Waals surface area contributed by atoms with Crippen LogP contribution in [0.3, 0.4) is 0 Å². The van der Waals surface area contributed by atoms with Gasteiger partial charge in [0.05, 0.1) is 16.9 Å². The van der Waals surface area contributed by atoms with Crippen LogP contribution in [-0.4, -0.2) is 12.1 Å². The average molecular weight is 551 g/mol. The highest BCUT2D eigenvalue weighted by molar-refractivity contribution is 7.26. The van der Waals surface area contributed by atoms with Crippen LogP contribution in [0.1, 0.15) is 11.1 Å². The number of aryl methyl sites for hydroxylation is 2. The lowest BCUT2D eigenvalue weighted by Gasteiger charge is -2.26. The third-order valence-corrected chi connectivity index (χ3v) is 9.75. The minimum absolute atomic E-state index is 0.665. The van der Waals surface area contributed by atoms with E-state index in [1.54, 1.807) is 41.1 Å². The monoisotopic (exact) mass is 550 g/mol. The quantitative estimate of drug-likeness (QED) is 0.198. The maximum absolute atomic E-state index is 5.72. The summed E-state index contributed by atoms with van der Waals surface area (Å²) in [5, 5.41) is 3.09. The van der Waals surface area contributed by atoms with E-state index in [1.165, 1.54) is 20.9 Å². The Hall–Kier alpha value is -3.71. The van der Waals surface area contributed by atoms with E-state index in [2.05, 4.69) is 121 Å². The van der Waals surface area contributed by atoms with Gasteiger partial charge in [-0.15, -0.1) is 34.0 Å². The van der Waals surface area contributed by atoms with Crippen LogP contribution < -0.4 is 9.64 Å². The maximum Gasteiger partial charge on any atom is 0.232 e. The molecule has 0 N–H and O–H groups in total. The molecule has 0 aliphatic heterocycles. The van der Waals surface area contributed by atoms with Crippen LogP contribution in [0.4, 0.5) is 17.1 Å². The number of hydrogen-bond donors (Lipinski definition) is 0. The van der Waals surface area contributed by atoms with E-state index < -0.39 is 0 Å². The summed E-state index contributed by atoms with van der Waals surface area (Å²) in [6, 6.07) is 34.6. The average Bonchev–Trinajstić information content (AvgIpc) is 3.72. The second kappa shape index (κ2) is 10.6. The number of hydrogen-bond acceptors (Lipinski definition) is 6. The zero-order valence-corrected chi connectivity index (χ0v) is 23.8. The van der Waals surface area contributed by atoms with E-state index in [9.17, 15) is 0 Å². The van der Waals surface area contributed by atoms with Crippen molar-refractivity contribution >= 4 is 51.1 Å². The number of thiazole rings is 1. The van der Waals surface area contributed by atoms with Gasteiger partial charge in [0, 0.05) is 26.8 Å². The normalized spacial score (nSPS) is 11.0. The summed E-state index contributed by atoms with van der Waals surface area (Å²) in [6.07, 6.45) is 0. The van der Waals surface area contributed by atoms with Crippen molar-refractivity contribution in [1.82, 2.24) is 4.98 Å².